The summed E-state index contributed by atoms with van der Waals surface area (Å²) in [5.74, 6) is 3.37. The monoisotopic (exact) mass is 416 g/mol. The van der Waals surface area contributed by atoms with Crippen LogP contribution in [0, 0.1) is 18.8 Å². The summed E-state index contributed by atoms with van der Waals surface area (Å²) in [6, 6.07) is 5.88. The molecule has 1 aromatic carbocycles. The van der Waals surface area contributed by atoms with E-state index in [9.17, 15) is 5.11 Å². The van der Waals surface area contributed by atoms with Gasteiger partial charge in [0.2, 0.25) is 10.8 Å². The highest BCUT2D eigenvalue weighted by Crippen LogP contribution is 2.43. The van der Waals surface area contributed by atoms with Crippen LogP contribution in [-0.4, -0.2) is 51.9 Å². The molecule has 2 aromatic heterocycles. The molecule has 1 aliphatic heterocycles. The molecule has 4 rings (SSSR count). The van der Waals surface area contributed by atoms with Crippen molar-refractivity contribution in [2.75, 3.05) is 27.3 Å². The Morgan fingerprint density at radius 2 is 1.83 bits per heavy atom. The fourth-order valence-electron chi connectivity index (χ4n) is 4.50. The second kappa shape index (κ2) is 7.84. The number of thiazole rings is 1. The van der Waals surface area contributed by atoms with Crippen LogP contribution in [0.2, 0.25) is 0 Å². The first-order valence-electron chi connectivity index (χ1n) is 9.92. The van der Waals surface area contributed by atoms with E-state index in [4.69, 9.17) is 9.47 Å². The zero-order chi connectivity index (χ0) is 20.7. The summed E-state index contributed by atoms with van der Waals surface area (Å²) in [4.78, 5) is 8.47. The molecule has 8 heteroatoms. The number of aromatic hydroxyl groups is 1. The lowest BCUT2D eigenvalue weighted by Crippen LogP contribution is -2.41. The number of hydrogen-bond donors (Lipinski definition) is 1. The maximum absolute atomic E-state index is 11.0. The van der Waals surface area contributed by atoms with Crippen molar-refractivity contribution in [1.82, 2.24) is 19.5 Å². The van der Waals surface area contributed by atoms with Crippen molar-refractivity contribution in [3.63, 3.8) is 0 Å². The molecule has 1 aliphatic rings. The molecule has 3 heterocycles. The van der Waals surface area contributed by atoms with Crippen LogP contribution in [0.1, 0.15) is 42.6 Å². The number of aromatic nitrogens is 3. The molecule has 1 fully saturated rings. The van der Waals surface area contributed by atoms with Crippen LogP contribution in [0.5, 0.6) is 17.4 Å². The maximum atomic E-state index is 11.0. The number of fused-ring (bicyclic) bond motifs is 1. The van der Waals surface area contributed by atoms with Crippen molar-refractivity contribution in [3.05, 3.63) is 34.5 Å². The molecular formula is C21H28N4O3S. The average Bonchev–Trinajstić information content (AvgIpc) is 3.18. The van der Waals surface area contributed by atoms with Gasteiger partial charge in [-0.05, 0) is 42.9 Å². The van der Waals surface area contributed by atoms with E-state index in [1.165, 1.54) is 17.8 Å². The standard InChI is InChI=1S/C21H28N4O3S/c1-12-8-13(2)11-24(10-12)18(15-6-7-16(27-4)17(9-15)28-5)19-20(26)25-21(29-19)22-14(3)23-25/h6-7,9,12-13,18,26H,8,10-11H2,1-5H3/t12-,13+,18-/m1/s1. The molecule has 0 bridgehead atoms. The molecule has 1 saturated heterocycles. The fraction of sp³-hybridized carbons (Fsp3) is 0.524. The van der Waals surface area contributed by atoms with Gasteiger partial charge in [0.1, 0.15) is 5.82 Å². The highest BCUT2D eigenvalue weighted by atomic mass is 32.1. The number of benzene rings is 1. The van der Waals surface area contributed by atoms with Crippen molar-refractivity contribution in [1.29, 1.82) is 0 Å². The summed E-state index contributed by atoms with van der Waals surface area (Å²) in [5.41, 5.74) is 1.06. The van der Waals surface area contributed by atoms with Gasteiger partial charge in [-0.3, -0.25) is 4.90 Å². The lowest BCUT2D eigenvalue weighted by molar-refractivity contribution is 0.111. The number of aryl methyl sites for hydroxylation is 1. The van der Waals surface area contributed by atoms with Crippen LogP contribution < -0.4 is 9.47 Å². The Kier molecular flexibility index (Phi) is 5.40. The molecule has 0 unspecified atom stereocenters. The van der Waals surface area contributed by atoms with Gasteiger partial charge in [-0.2, -0.15) is 4.52 Å². The SMILES string of the molecule is COc1ccc([C@H](c2sc3nc(C)nn3c2O)N2C[C@H](C)C[C@H](C)C2)cc1OC. The van der Waals surface area contributed by atoms with Crippen LogP contribution in [-0.2, 0) is 0 Å². The van der Waals surface area contributed by atoms with Crippen molar-refractivity contribution in [2.24, 2.45) is 11.8 Å². The van der Waals surface area contributed by atoms with Gasteiger partial charge in [0.05, 0.1) is 25.1 Å². The zero-order valence-electron chi connectivity index (χ0n) is 17.5. The van der Waals surface area contributed by atoms with E-state index in [0.29, 0.717) is 34.1 Å². The van der Waals surface area contributed by atoms with E-state index >= 15 is 0 Å². The Balaban J connectivity index is 1.85. The minimum atomic E-state index is -0.103. The summed E-state index contributed by atoms with van der Waals surface area (Å²) in [7, 11) is 3.28. The molecule has 0 spiro atoms. The summed E-state index contributed by atoms with van der Waals surface area (Å²) in [5, 5.41) is 15.4. The Morgan fingerprint density at radius 3 is 2.45 bits per heavy atom. The number of likely N-dealkylation sites (tertiary alicyclic amines) is 1. The quantitative estimate of drug-likeness (QED) is 0.680. The number of piperidine rings is 1. The molecule has 0 amide bonds. The molecule has 29 heavy (non-hydrogen) atoms. The first kappa shape index (κ1) is 20.0. The van der Waals surface area contributed by atoms with E-state index in [0.717, 1.165) is 23.5 Å². The number of rotatable bonds is 5. The molecule has 3 atom stereocenters. The van der Waals surface area contributed by atoms with Crippen molar-refractivity contribution >= 4 is 16.3 Å². The van der Waals surface area contributed by atoms with Crippen molar-refractivity contribution in [3.8, 4) is 17.4 Å². The lowest BCUT2D eigenvalue weighted by atomic mass is 9.89. The highest BCUT2D eigenvalue weighted by Gasteiger charge is 2.34. The summed E-state index contributed by atoms with van der Waals surface area (Å²) in [6.45, 7) is 8.35. The van der Waals surface area contributed by atoms with Gasteiger partial charge in [-0.25, -0.2) is 4.98 Å². The summed E-state index contributed by atoms with van der Waals surface area (Å²) in [6.07, 6.45) is 1.22. The largest absolute Gasteiger partial charge is 0.493 e. The molecule has 156 valence electrons. The molecule has 0 saturated carbocycles. The Morgan fingerprint density at radius 1 is 1.14 bits per heavy atom. The van der Waals surface area contributed by atoms with Gasteiger partial charge >= 0.3 is 0 Å². The predicted molar refractivity (Wildman–Crippen MR) is 113 cm³/mol. The van der Waals surface area contributed by atoms with E-state index in [1.54, 1.807) is 18.7 Å². The lowest BCUT2D eigenvalue weighted by Gasteiger charge is -2.40. The predicted octanol–water partition coefficient (Wildman–Crippen LogP) is 3.89. The second-order valence-electron chi connectivity index (χ2n) is 8.06. The van der Waals surface area contributed by atoms with E-state index in [-0.39, 0.29) is 11.9 Å². The third-order valence-corrected chi connectivity index (χ3v) is 6.61. The van der Waals surface area contributed by atoms with E-state index in [2.05, 4.69) is 34.9 Å². The zero-order valence-corrected chi connectivity index (χ0v) is 18.4. The van der Waals surface area contributed by atoms with Gasteiger partial charge in [0.15, 0.2) is 11.5 Å². The smallest absolute Gasteiger partial charge is 0.230 e. The second-order valence-corrected chi connectivity index (χ2v) is 9.07. The van der Waals surface area contributed by atoms with Crippen molar-refractivity contribution < 1.29 is 14.6 Å². The normalized spacial score (nSPS) is 21.4. The van der Waals surface area contributed by atoms with Crippen LogP contribution in [0.4, 0.5) is 0 Å². The fourth-order valence-corrected chi connectivity index (χ4v) is 5.66. The van der Waals surface area contributed by atoms with Crippen molar-refractivity contribution in [2.45, 2.75) is 33.2 Å². The number of nitrogens with zero attached hydrogens (tertiary/aromatic N) is 4. The third kappa shape index (κ3) is 3.67. The van der Waals surface area contributed by atoms with Crippen LogP contribution in [0.15, 0.2) is 18.2 Å². The Bertz CT molecular complexity index is 1000. The van der Waals surface area contributed by atoms with E-state index in [1.807, 2.05) is 19.1 Å². The van der Waals surface area contributed by atoms with Gasteiger partial charge in [0.25, 0.3) is 0 Å². The first-order chi connectivity index (χ1) is 13.9. The van der Waals surface area contributed by atoms with Gasteiger partial charge < -0.3 is 14.6 Å². The minimum Gasteiger partial charge on any atom is -0.493 e. The average molecular weight is 417 g/mol. The number of methoxy groups -OCH3 is 2. The Labute approximate surface area is 174 Å². The molecule has 0 radical (unpaired) electrons. The molecule has 0 aliphatic carbocycles. The van der Waals surface area contributed by atoms with Gasteiger partial charge in [-0.15, -0.1) is 5.10 Å². The van der Waals surface area contributed by atoms with Crippen LogP contribution in [0.25, 0.3) is 4.96 Å². The number of ether oxygens (including phenoxy) is 2. The van der Waals surface area contributed by atoms with Crippen LogP contribution >= 0.6 is 11.3 Å². The van der Waals surface area contributed by atoms with Gasteiger partial charge in [0, 0.05) is 13.1 Å². The first-order valence-corrected chi connectivity index (χ1v) is 10.7. The maximum Gasteiger partial charge on any atom is 0.230 e. The summed E-state index contributed by atoms with van der Waals surface area (Å²) < 4.78 is 12.5. The number of hydrogen-bond acceptors (Lipinski definition) is 7. The summed E-state index contributed by atoms with van der Waals surface area (Å²) >= 11 is 1.49. The molecule has 1 N–H and O–H groups in total. The van der Waals surface area contributed by atoms with Crippen LogP contribution in [0.3, 0.4) is 0 Å². The Hall–Kier alpha value is -2.32. The molecule has 7 nitrogen and oxygen atoms in total. The molecule has 3 aromatic rings. The molecular weight excluding hydrogens is 388 g/mol. The van der Waals surface area contributed by atoms with E-state index < -0.39 is 0 Å². The third-order valence-electron chi connectivity index (χ3n) is 5.54. The minimum absolute atomic E-state index is 0.103. The topological polar surface area (TPSA) is 72.1 Å². The van der Waals surface area contributed by atoms with Gasteiger partial charge in [-0.1, -0.05) is 31.3 Å². The highest BCUT2D eigenvalue weighted by molar-refractivity contribution is 7.17.